The Labute approximate surface area is 195 Å². The summed E-state index contributed by atoms with van der Waals surface area (Å²) in [4.78, 5) is 70.3. The van der Waals surface area contributed by atoms with E-state index in [4.69, 9.17) is 22.3 Å². The number of hydrogen-bond donors (Lipinski definition) is 9. The van der Waals surface area contributed by atoms with Gasteiger partial charge < -0.3 is 43.4 Å². The summed E-state index contributed by atoms with van der Waals surface area (Å²) in [6, 6.07) is -5.16. The number of carboxylic acid groups (broad SMARTS) is 2. The zero-order valence-corrected chi connectivity index (χ0v) is 18.9. The molecule has 0 spiro atoms. The Morgan fingerprint density at radius 1 is 0.818 bits per heavy atom. The van der Waals surface area contributed by atoms with E-state index in [2.05, 4.69) is 28.6 Å². The van der Waals surface area contributed by atoms with Crippen LogP contribution in [0.15, 0.2) is 0 Å². The highest BCUT2D eigenvalue weighted by atomic mass is 32.1. The number of primary amides is 1. The van der Waals surface area contributed by atoms with Crippen molar-refractivity contribution in [2.45, 2.75) is 62.7 Å². The molecule has 33 heavy (non-hydrogen) atoms. The zero-order valence-electron chi connectivity index (χ0n) is 18.0. The second kappa shape index (κ2) is 15.8. The summed E-state index contributed by atoms with van der Waals surface area (Å²) in [5.41, 5.74) is 16.0. The highest BCUT2D eigenvalue weighted by Gasteiger charge is 2.30. The summed E-state index contributed by atoms with van der Waals surface area (Å²) in [5.74, 6) is -6.11. The molecule has 0 saturated carbocycles. The second-order valence-electron chi connectivity index (χ2n) is 7.20. The summed E-state index contributed by atoms with van der Waals surface area (Å²) >= 11 is 4.00. The van der Waals surface area contributed by atoms with Crippen molar-refractivity contribution in [2.24, 2.45) is 17.2 Å². The molecule has 0 aliphatic heterocycles. The van der Waals surface area contributed by atoms with Gasteiger partial charge in [-0.1, -0.05) is 0 Å². The molecule has 0 radical (unpaired) electrons. The largest absolute Gasteiger partial charge is 0.481 e. The van der Waals surface area contributed by atoms with Gasteiger partial charge in [-0.05, 0) is 32.2 Å². The first-order valence-electron chi connectivity index (χ1n) is 10.1. The van der Waals surface area contributed by atoms with Crippen LogP contribution in [0.25, 0.3) is 0 Å². The minimum Gasteiger partial charge on any atom is -0.481 e. The first-order chi connectivity index (χ1) is 15.4. The molecule has 188 valence electrons. The lowest BCUT2D eigenvalue weighted by atomic mass is 10.1. The number of thiol groups is 1. The fourth-order valence-corrected chi connectivity index (χ4v) is 2.87. The van der Waals surface area contributed by atoms with Crippen LogP contribution in [0.2, 0.25) is 0 Å². The SMILES string of the molecule is NCCCCC(NC(=O)C(CS)NC(=O)C(N)CC(N)=O)C(=O)NC(CCC(=O)O)C(=O)O. The average molecular weight is 493 g/mol. The normalized spacial score (nSPS) is 14.3. The molecule has 4 amide bonds. The first-order valence-corrected chi connectivity index (χ1v) is 10.8. The van der Waals surface area contributed by atoms with Crippen molar-refractivity contribution in [1.29, 1.82) is 0 Å². The molecule has 0 rings (SSSR count). The van der Waals surface area contributed by atoms with E-state index in [0.717, 1.165) is 0 Å². The smallest absolute Gasteiger partial charge is 0.326 e. The number of unbranched alkanes of at least 4 members (excludes halogenated alkanes) is 1. The number of aliphatic carboxylic acids is 2. The maximum absolute atomic E-state index is 12.6. The molecule has 15 heteroatoms. The van der Waals surface area contributed by atoms with Crippen LogP contribution in [0, 0.1) is 0 Å². The Morgan fingerprint density at radius 3 is 1.85 bits per heavy atom. The minimum atomic E-state index is -1.48. The van der Waals surface area contributed by atoms with Gasteiger partial charge in [0.15, 0.2) is 0 Å². The number of nitrogens with one attached hydrogen (secondary N) is 3. The van der Waals surface area contributed by atoms with Gasteiger partial charge in [0.05, 0.1) is 12.5 Å². The molecule has 0 bridgehead atoms. The van der Waals surface area contributed by atoms with Gasteiger partial charge in [-0.3, -0.25) is 24.0 Å². The average Bonchev–Trinajstić information content (AvgIpc) is 2.72. The summed E-state index contributed by atoms with van der Waals surface area (Å²) < 4.78 is 0. The predicted octanol–water partition coefficient (Wildman–Crippen LogP) is -3.35. The van der Waals surface area contributed by atoms with Crippen LogP contribution in [-0.4, -0.2) is 82.2 Å². The van der Waals surface area contributed by atoms with E-state index in [1.807, 2.05) is 0 Å². The van der Waals surface area contributed by atoms with Gasteiger partial charge in [0.1, 0.15) is 18.1 Å². The van der Waals surface area contributed by atoms with Gasteiger partial charge >= 0.3 is 11.9 Å². The molecular formula is C18H32N6O8S. The van der Waals surface area contributed by atoms with Gasteiger partial charge in [0.2, 0.25) is 23.6 Å². The van der Waals surface area contributed by atoms with Crippen molar-refractivity contribution in [3.63, 3.8) is 0 Å². The Morgan fingerprint density at radius 2 is 1.36 bits per heavy atom. The standard InChI is InChI=1S/C18H32N6O8S/c19-6-2-1-3-10(16(29)23-11(18(31)32)4-5-14(26)27)22-17(30)12(8-33)24-15(28)9(20)7-13(21)25/h9-12,33H,1-8,19-20H2,(H2,21,25)(H,22,30)(H,23,29)(H,24,28)(H,26,27)(H,31,32). The second-order valence-corrected chi connectivity index (χ2v) is 7.56. The molecule has 0 aliphatic rings. The molecule has 0 aromatic heterocycles. The Kier molecular flexibility index (Phi) is 14.4. The van der Waals surface area contributed by atoms with E-state index in [0.29, 0.717) is 19.4 Å². The van der Waals surface area contributed by atoms with Crippen molar-refractivity contribution in [1.82, 2.24) is 16.0 Å². The number of hydrogen-bond acceptors (Lipinski definition) is 9. The van der Waals surface area contributed by atoms with Gasteiger partial charge in [0.25, 0.3) is 0 Å². The number of nitrogens with two attached hydrogens (primary N) is 3. The number of amides is 4. The third kappa shape index (κ3) is 12.6. The molecule has 0 aromatic rings. The molecule has 0 fully saturated rings. The fraction of sp³-hybridized carbons (Fsp3) is 0.667. The lowest BCUT2D eigenvalue weighted by Crippen LogP contribution is -2.57. The number of carbonyl (C=O) groups excluding carboxylic acids is 4. The number of carbonyl (C=O) groups is 6. The molecule has 4 atom stereocenters. The summed E-state index contributed by atoms with van der Waals surface area (Å²) in [7, 11) is 0. The fourth-order valence-electron chi connectivity index (χ4n) is 2.61. The summed E-state index contributed by atoms with van der Waals surface area (Å²) in [5, 5.41) is 24.9. The van der Waals surface area contributed by atoms with E-state index in [9.17, 15) is 33.9 Å². The van der Waals surface area contributed by atoms with Crippen LogP contribution in [0.3, 0.4) is 0 Å². The quantitative estimate of drug-likeness (QED) is 0.0719. The maximum atomic E-state index is 12.6. The highest BCUT2D eigenvalue weighted by Crippen LogP contribution is 2.05. The number of rotatable bonds is 17. The van der Waals surface area contributed by atoms with Crippen LogP contribution < -0.4 is 33.2 Å². The van der Waals surface area contributed by atoms with E-state index < -0.39 is 72.6 Å². The van der Waals surface area contributed by atoms with Crippen LogP contribution in [0.1, 0.15) is 38.5 Å². The van der Waals surface area contributed by atoms with Crippen LogP contribution in [-0.2, 0) is 28.8 Å². The lowest BCUT2D eigenvalue weighted by molar-refractivity contribution is -0.143. The monoisotopic (exact) mass is 492 g/mol. The Balaban J connectivity index is 5.30. The van der Waals surface area contributed by atoms with Crippen molar-refractivity contribution in [3.8, 4) is 0 Å². The van der Waals surface area contributed by atoms with Gasteiger partial charge in [-0.25, -0.2) is 4.79 Å². The third-order valence-electron chi connectivity index (χ3n) is 4.41. The molecule has 0 heterocycles. The van der Waals surface area contributed by atoms with Crippen molar-refractivity contribution in [2.75, 3.05) is 12.3 Å². The van der Waals surface area contributed by atoms with E-state index >= 15 is 0 Å². The maximum Gasteiger partial charge on any atom is 0.326 e. The van der Waals surface area contributed by atoms with Crippen LogP contribution >= 0.6 is 12.6 Å². The Hall–Kier alpha value is -2.91. The number of carboxylic acids is 2. The van der Waals surface area contributed by atoms with Crippen molar-refractivity contribution in [3.05, 3.63) is 0 Å². The molecule has 0 saturated heterocycles. The van der Waals surface area contributed by atoms with Crippen LogP contribution in [0.4, 0.5) is 0 Å². The lowest BCUT2D eigenvalue weighted by Gasteiger charge is -2.24. The molecule has 11 N–H and O–H groups in total. The zero-order chi connectivity index (χ0) is 25.6. The van der Waals surface area contributed by atoms with Crippen LogP contribution in [0.5, 0.6) is 0 Å². The van der Waals surface area contributed by atoms with E-state index in [1.54, 1.807) is 0 Å². The highest BCUT2D eigenvalue weighted by molar-refractivity contribution is 7.80. The van der Waals surface area contributed by atoms with Crippen molar-refractivity contribution >= 4 is 48.2 Å². The molecule has 0 aliphatic carbocycles. The van der Waals surface area contributed by atoms with E-state index in [1.165, 1.54) is 0 Å². The van der Waals surface area contributed by atoms with E-state index in [-0.39, 0.29) is 18.6 Å². The third-order valence-corrected chi connectivity index (χ3v) is 4.78. The predicted molar refractivity (Wildman–Crippen MR) is 119 cm³/mol. The van der Waals surface area contributed by atoms with Gasteiger partial charge in [-0.2, -0.15) is 12.6 Å². The topological polar surface area (TPSA) is 257 Å². The molecule has 14 nitrogen and oxygen atoms in total. The summed E-state index contributed by atoms with van der Waals surface area (Å²) in [6.07, 6.45) is -0.231. The van der Waals surface area contributed by atoms with Gasteiger partial charge in [0, 0.05) is 12.2 Å². The molecule has 4 unspecified atom stereocenters. The molecular weight excluding hydrogens is 460 g/mol. The van der Waals surface area contributed by atoms with Gasteiger partial charge in [-0.15, -0.1) is 0 Å². The Bertz CT molecular complexity index is 722. The first kappa shape index (κ1) is 30.1. The summed E-state index contributed by atoms with van der Waals surface area (Å²) in [6.45, 7) is 0.325. The van der Waals surface area contributed by atoms with Crippen molar-refractivity contribution < 1.29 is 39.0 Å². The molecule has 0 aromatic carbocycles. The minimum absolute atomic E-state index is 0.106.